The van der Waals surface area contributed by atoms with Gasteiger partial charge in [0, 0.05) is 0 Å². The molecule has 0 aliphatic rings. The Bertz CT molecular complexity index is 477. The minimum atomic E-state index is -5.06. The summed E-state index contributed by atoms with van der Waals surface area (Å²) in [6.07, 6.45) is -5.03. The first-order valence-electron chi connectivity index (χ1n) is 3.80. The van der Waals surface area contributed by atoms with Crippen LogP contribution < -0.4 is 4.74 Å². The highest BCUT2D eigenvalue weighted by atomic mass is 127. The van der Waals surface area contributed by atoms with Crippen LogP contribution in [0.15, 0.2) is 6.07 Å². The zero-order valence-electron chi connectivity index (χ0n) is 7.69. The maximum atomic E-state index is 12.0. The SMILES string of the molecule is O=Cc1nc(I)c([N+](=O)[O-])cc1OC(F)(F)F. The van der Waals surface area contributed by atoms with Crippen molar-refractivity contribution in [2.24, 2.45) is 0 Å². The summed E-state index contributed by atoms with van der Waals surface area (Å²) in [5, 5.41) is 10.5. The van der Waals surface area contributed by atoms with Crippen LogP contribution in [0, 0.1) is 13.8 Å². The minimum absolute atomic E-state index is 0.0208. The molecule has 92 valence electrons. The van der Waals surface area contributed by atoms with Crippen LogP contribution in [0.5, 0.6) is 5.75 Å². The van der Waals surface area contributed by atoms with Gasteiger partial charge in [0.05, 0.1) is 11.0 Å². The second-order valence-corrected chi connectivity index (χ2v) is 3.63. The summed E-state index contributed by atoms with van der Waals surface area (Å²) in [5.74, 6) is -1.00. The largest absolute Gasteiger partial charge is 0.573 e. The van der Waals surface area contributed by atoms with E-state index in [0.717, 1.165) is 0 Å². The number of halogens is 4. The molecule has 0 atom stereocenters. The predicted octanol–water partition coefficient (Wildman–Crippen LogP) is 2.31. The molecule has 1 rings (SSSR count). The number of ether oxygens (including phenoxy) is 1. The van der Waals surface area contributed by atoms with E-state index in [1.54, 1.807) is 0 Å². The molecule has 0 spiro atoms. The van der Waals surface area contributed by atoms with Gasteiger partial charge in [-0.3, -0.25) is 14.9 Å². The number of nitrogens with zero attached hydrogens (tertiary/aromatic N) is 2. The van der Waals surface area contributed by atoms with Gasteiger partial charge in [0.25, 0.3) is 0 Å². The zero-order chi connectivity index (χ0) is 13.2. The van der Waals surface area contributed by atoms with Gasteiger partial charge in [0.1, 0.15) is 5.69 Å². The van der Waals surface area contributed by atoms with Crippen LogP contribution >= 0.6 is 22.6 Å². The average Bonchev–Trinajstić information content (AvgIpc) is 2.17. The normalized spacial score (nSPS) is 11.1. The molecule has 0 bridgehead atoms. The second kappa shape index (κ2) is 4.81. The summed E-state index contributed by atoms with van der Waals surface area (Å²) in [4.78, 5) is 23.4. The van der Waals surface area contributed by atoms with Gasteiger partial charge in [-0.15, -0.1) is 13.2 Å². The van der Waals surface area contributed by atoms with Crippen molar-refractivity contribution in [2.75, 3.05) is 0 Å². The lowest BCUT2D eigenvalue weighted by molar-refractivity contribution is -0.386. The lowest BCUT2D eigenvalue weighted by Gasteiger charge is -2.10. The van der Waals surface area contributed by atoms with Gasteiger partial charge < -0.3 is 4.74 Å². The Labute approximate surface area is 105 Å². The highest BCUT2D eigenvalue weighted by Gasteiger charge is 2.33. The van der Waals surface area contributed by atoms with E-state index in [2.05, 4.69) is 9.72 Å². The summed E-state index contributed by atoms with van der Waals surface area (Å²) in [5.41, 5.74) is -1.33. The van der Waals surface area contributed by atoms with Gasteiger partial charge in [-0.05, 0) is 22.6 Å². The summed E-state index contributed by atoms with van der Waals surface area (Å²) < 4.78 is 39.1. The molecule has 0 aliphatic heterocycles. The van der Waals surface area contributed by atoms with Gasteiger partial charge in [0.2, 0.25) is 0 Å². The summed E-state index contributed by atoms with van der Waals surface area (Å²) >= 11 is 1.43. The lowest BCUT2D eigenvalue weighted by atomic mass is 10.3. The van der Waals surface area contributed by atoms with E-state index in [4.69, 9.17) is 0 Å². The molecule has 0 radical (unpaired) electrons. The van der Waals surface area contributed by atoms with Gasteiger partial charge in [-0.1, -0.05) is 0 Å². The van der Waals surface area contributed by atoms with Gasteiger partial charge in [-0.2, -0.15) is 0 Å². The van der Waals surface area contributed by atoms with Crippen LogP contribution in [-0.4, -0.2) is 22.6 Å². The fraction of sp³-hybridized carbons (Fsp3) is 0.143. The van der Waals surface area contributed by atoms with Crippen LogP contribution in [0.1, 0.15) is 10.5 Å². The quantitative estimate of drug-likeness (QED) is 0.271. The molecular formula is C7H2F3IN2O4. The molecule has 6 nitrogen and oxygen atoms in total. The predicted molar refractivity (Wildman–Crippen MR) is 55.7 cm³/mol. The molecule has 1 aromatic heterocycles. The Morgan fingerprint density at radius 2 is 2.12 bits per heavy atom. The minimum Gasteiger partial charge on any atom is -0.403 e. The number of hydrogen-bond acceptors (Lipinski definition) is 5. The molecular weight excluding hydrogens is 360 g/mol. The Morgan fingerprint density at radius 3 is 2.53 bits per heavy atom. The van der Waals surface area contributed by atoms with Crippen LogP contribution in [0.4, 0.5) is 18.9 Å². The molecule has 0 aromatic carbocycles. The monoisotopic (exact) mass is 362 g/mol. The van der Waals surface area contributed by atoms with Crippen molar-refractivity contribution in [1.29, 1.82) is 0 Å². The van der Waals surface area contributed by atoms with E-state index in [0.29, 0.717) is 6.07 Å². The van der Waals surface area contributed by atoms with Crippen molar-refractivity contribution >= 4 is 34.6 Å². The summed E-state index contributed by atoms with van der Waals surface area (Å²) in [7, 11) is 0. The fourth-order valence-corrected chi connectivity index (χ4v) is 1.51. The van der Waals surface area contributed by atoms with Crippen LogP contribution in [-0.2, 0) is 0 Å². The van der Waals surface area contributed by atoms with Crippen molar-refractivity contribution in [2.45, 2.75) is 6.36 Å². The van der Waals surface area contributed by atoms with Crippen molar-refractivity contribution in [3.05, 3.63) is 25.6 Å². The highest BCUT2D eigenvalue weighted by molar-refractivity contribution is 14.1. The zero-order valence-corrected chi connectivity index (χ0v) is 9.85. The third-order valence-corrected chi connectivity index (χ3v) is 2.28. The Balaban J connectivity index is 3.31. The standard InChI is InChI=1S/C7H2F3IN2O4/c8-7(9,10)17-5-1-4(13(15)16)6(11)12-3(5)2-14/h1-2H. The third kappa shape index (κ3) is 3.51. The molecule has 0 aliphatic carbocycles. The number of nitro groups is 1. The first-order valence-corrected chi connectivity index (χ1v) is 4.88. The highest BCUT2D eigenvalue weighted by Crippen LogP contribution is 2.30. The maximum Gasteiger partial charge on any atom is 0.573 e. The van der Waals surface area contributed by atoms with Crippen molar-refractivity contribution in [3.63, 3.8) is 0 Å². The Hall–Kier alpha value is -1.46. The van der Waals surface area contributed by atoms with E-state index < -0.39 is 28.4 Å². The maximum absolute atomic E-state index is 12.0. The lowest BCUT2D eigenvalue weighted by Crippen LogP contribution is -2.19. The van der Waals surface area contributed by atoms with E-state index in [1.807, 2.05) is 0 Å². The molecule has 1 aromatic rings. The molecule has 0 fully saturated rings. The number of aldehydes is 1. The van der Waals surface area contributed by atoms with Gasteiger partial charge >= 0.3 is 12.0 Å². The topological polar surface area (TPSA) is 82.3 Å². The van der Waals surface area contributed by atoms with Crippen molar-refractivity contribution in [3.8, 4) is 5.75 Å². The molecule has 0 N–H and O–H groups in total. The molecule has 17 heavy (non-hydrogen) atoms. The van der Waals surface area contributed by atoms with E-state index in [-0.39, 0.29) is 9.99 Å². The van der Waals surface area contributed by atoms with Crippen molar-refractivity contribution in [1.82, 2.24) is 4.98 Å². The number of carbonyl (C=O) groups excluding carboxylic acids is 1. The number of rotatable bonds is 3. The Morgan fingerprint density at radius 1 is 1.53 bits per heavy atom. The summed E-state index contributed by atoms with van der Waals surface area (Å²) in [6.45, 7) is 0. The third-order valence-electron chi connectivity index (χ3n) is 1.48. The fourth-order valence-electron chi connectivity index (χ4n) is 0.895. The number of alkyl halides is 3. The number of hydrogen-bond donors (Lipinski definition) is 0. The smallest absolute Gasteiger partial charge is 0.403 e. The number of pyridine rings is 1. The molecule has 0 amide bonds. The molecule has 0 saturated carbocycles. The van der Waals surface area contributed by atoms with Crippen LogP contribution in [0.2, 0.25) is 0 Å². The van der Waals surface area contributed by atoms with E-state index in [1.165, 1.54) is 22.6 Å². The summed E-state index contributed by atoms with van der Waals surface area (Å²) in [6, 6.07) is 0.506. The molecule has 10 heteroatoms. The molecule has 1 heterocycles. The average molecular weight is 362 g/mol. The van der Waals surface area contributed by atoms with E-state index >= 15 is 0 Å². The number of carbonyl (C=O) groups is 1. The Kier molecular flexibility index (Phi) is 3.85. The molecule has 0 saturated heterocycles. The number of aromatic nitrogens is 1. The first kappa shape index (κ1) is 13.6. The van der Waals surface area contributed by atoms with Crippen molar-refractivity contribution < 1.29 is 27.6 Å². The second-order valence-electron chi connectivity index (χ2n) is 2.60. The van der Waals surface area contributed by atoms with Crippen LogP contribution in [0.25, 0.3) is 0 Å². The molecule has 0 unspecified atom stereocenters. The van der Waals surface area contributed by atoms with Crippen LogP contribution in [0.3, 0.4) is 0 Å². The van der Waals surface area contributed by atoms with Gasteiger partial charge in [0.15, 0.2) is 15.7 Å². The first-order chi connectivity index (χ1) is 7.74. The van der Waals surface area contributed by atoms with Gasteiger partial charge in [-0.25, -0.2) is 4.98 Å². The van der Waals surface area contributed by atoms with E-state index in [9.17, 15) is 28.1 Å².